The predicted molar refractivity (Wildman–Crippen MR) is 62.8 cm³/mol. The number of hydrogen-bond acceptors (Lipinski definition) is 3. The van der Waals surface area contributed by atoms with Crippen LogP contribution in [0.2, 0.25) is 0 Å². The third kappa shape index (κ3) is 3.53. The Bertz CT molecular complexity index is 299. The Morgan fingerprint density at radius 2 is 1.93 bits per heavy atom. The first kappa shape index (κ1) is 12.0. The second kappa shape index (κ2) is 5.73. The van der Waals surface area contributed by atoms with Gasteiger partial charge in [-0.1, -0.05) is 32.0 Å². The van der Waals surface area contributed by atoms with Crippen molar-refractivity contribution in [3.05, 3.63) is 29.8 Å². The van der Waals surface area contributed by atoms with Crippen LogP contribution in [0.5, 0.6) is 5.75 Å². The second-order valence-corrected chi connectivity index (χ2v) is 4.07. The molecule has 1 unspecified atom stereocenters. The molecule has 1 aromatic carbocycles. The van der Waals surface area contributed by atoms with E-state index >= 15 is 0 Å². The molecule has 3 heteroatoms. The van der Waals surface area contributed by atoms with Crippen LogP contribution in [-0.2, 0) is 0 Å². The number of benzene rings is 1. The molecule has 0 spiro atoms. The fourth-order valence-corrected chi connectivity index (χ4v) is 1.35. The molecule has 3 nitrogen and oxygen atoms in total. The zero-order valence-corrected chi connectivity index (χ0v) is 9.66. The second-order valence-electron chi connectivity index (χ2n) is 4.07. The van der Waals surface area contributed by atoms with Gasteiger partial charge in [0.2, 0.25) is 0 Å². The molecule has 0 aliphatic rings. The maximum absolute atomic E-state index is 5.71. The van der Waals surface area contributed by atoms with Crippen LogP contribution in [0.15, 0.2) is 24.3 Å². The zero-order chi connectivity index (χ0) is 11.3. The Morgan fingerprint density at radius 3 is 2.53 bits per heavy atom. The van der Waals surface area contributed by atoms with E-state index in [2.05, 4.69) is 25.3 Å². The number of hydrogen-bond donors (Lipinski definition) is 2. The first-order valence-corrected chi connectivity index (χ1v) is 5.33. The molecule has 1 aromatic rings. The summed E-state index contributed by atoms with van der Waals surface area (Å²) in [4.78, 5) is 0. The van der Waals surface area contributed by atoms with Gasteiger partial charge in [-0.25, -0.2) is 0 Å². The van der Waals surface area contributed by atoms with E-state index in [1.807, 2.05) is 25.1 Å². The van der Waals surface area contributed by atoms with Crippen molar-refractivity contribution >= 4 is 0 Å². The van der Waals surface area contributed by atoms with E-state index in [1.54, 1.807) is 0 Å². The van der Waals surface area contributed by atoms with Gasteiger partial charge < -0.3 is 4.74 Å². The Morgan fingerprint density at radius 1 is 1.27 bits per heavy atom. The molecule has 0 heterocycles. The fourth-order valence-electron chi connectivity index (χ4n) is 1.35. The van der Waals surface area contributed by atoms with Crippen molar-refractivity contribution in [2.45, 2.75) is 32.7 Å². The summed E-state index contributed by atoms with van der Waals surface area (Å²) in [5.41, 5.74) is 3.90. The van der Waals surface area contributed by atoms with Crippen LogP contribution in [0.25, 0.3) is 0 Å². The highest BCUT2D eigenvalue weighted by Gasteiger charge is 2.07. The monoisotopic (exact) mass is 208 g/mol. The molecule has 0 aliphatic carbocycles. The standard InChI is InChI=1S/C12H20N2O/c1-9(2)11-6-4-5-7-12(11)15-8-10(3)14-13/h4-7,9-10,14H,8,13H2,1-3H3. The van der Waals surface area contributed by atoms with Gasteiger partial charge in [-0.05, 0) is 24.5 Å². The topological polar surface area (TPSA) is 47.3 Å². The van der Waals surface area contributed by atoms with E-state index < -0.39 is 0 Å². The average Bonchev–Trinajstić information content (AvgIpc) is 2.26. The van der Waals surface area contributed by atoms with E-state index in [-0.39, 0.29) is 6.04 Å². The minimum Gasteiger partial charge on any atom is -0.492 e. The van der Waals surface area contributed by atoms with Crippen LogP contribution >= 0.6 is 0 Å². The lowest BCUT2D eigenvalue weighted by Gasteiger charge is -2.16. The van der Waals surface area contributed by atoms with E-state index in [4.69, 9.17) is 10.6 Å². The van der Waals surface area contributed by atoms with Gasteiger partial charge in [-0.3, -0.25) is 11.3 Å². The van der Waals surface area contributed by atoms with Gasteiger partial charge in [0, 0.05) is 0 Å². The first-order valence-electron chi connectivity index (χ1n) is 5.33. The summed E-state index contributed by atoms with van der Waals surface area (Å²) in [7, 11) is 0. The number of nitrogens with one attached hydrogen (secondary N) is 1. The summed E-state index contributed by atoms with van der Waals surface area (Å²) in [6, 6.07) is 8.28. The number of para-hydroxylation sites is 1. The molecule has 0 saturated heterocycles. The molecule has 0 bridgehead atoms. The number of nitrogens with two attached hydrogens (primary N) is 1. The largest absolute Gasteiger partial charge is 0.492 e. The van der Waals surface area contributed by atoms with Crippen molar-refractivity contribution in [1.82, 2.24) is 5.43 Å². The third-order valence-corrected chi connectivity index (χ3v) is 2.31. The molecule has 0 radical (unpaired) electrons. The van der Waals surface area contributed by atoms with Crippen LogP contribution in [0, 0.1) is 0 Å². The molecule has 0 fully saturated rings. The lowest BCUT2D eigenvalue weighted by atomic mass is 10.0. The van der Waals surface area contributed by atoms with Crippen molar-refractivity contribution in [3.63, 3.8) is 0 Å². The summed E-state index contributed by atoms with van der Waals surface area (Å²) in [5.74, 6) is 6.73. The van der Waals surface area contributed by atoms with Gasteiger partial charge in [0.25, 0.3) is 0 Å². The Hall–Kier alpha value is -1.06. The lowest BCUT2D eigenvalue weighted by molar-refractivity contribution is 0.271. The number of rotatable bonds is 5. The zero-order valence-electron chi connectivity index (χ0n) is 9.66. The number of ether oxygens (including phenoxy) is 1. The van der Waals surface area contributed by atoms with Crippen molar-refractivity contribution in [1.29, 1.82) is 0 Å². The molecule has 0 saturated carbocycles. The molecule has 15 heavy (non-hydrogen) atoms. The smallest absolute Gasteiger partial charge is 0.122 e. The maximum atomic E-state index is 5.71. The average molecular weight is 208 g/mol. The van der Waals surface area contributed by atoms with Crippen molar-refractivity contribution in [2.24, 2.45) is 5.84 Å². The van der Waals surface area contributed by atoms with Crippen LogP contribution in [0.3, 0.4) is 0 Å². The van der Waals surface area contributed by atoms with Gasteiger partial charge in [-0.2, -0.15) is 0 Å². The summed E-state index contributed by atoms with van der Waals surface area (Å²) in [6.45, 7) is 6.89. The SMILES string of the molecule is CC(COc1ccccc1C(C)C)NN. The summed E-state index contributed by atoms with van der Waals surface area (Å²) < 4.78 is 5.71. The third-order valence-electron chi connectivity index (χ3n) is 2.31. The fraction of sp³-hybridized carbons (Fsp3) is 0.500. The normalized spacial score (nSPS) is 12.9. The Balaban J connectivity index is 2.67. The van der Waals surface area contributed by atoms with Crippen molar-refractivity contribution < 1.29 is 4.74 Å². The van der Waals surface area contributed by atoms with Gasteiger partial charge in [0.05, 0.1) is 6.04 Å². The van der Waals surface area contributed by atoms with Gasteiger partial charge in [0.1, 0.15) is 12.4 Å². The Kier molecular flexibility index (Phi) is 4.59. The van der Waals surface area contributed by atoms with Gasteiger partial charge >= 0.3 is 0 Å². The minimum absolute atomic E-state index is 0.158. The summed E-state index contributed by atoms with van der Waals surface area (Å²) in [5, 5.41) is 0. The van der Waals surface area contributed by atoms with Gasteiger partial charge in [0.15, 0.2) is 0 Å². The van der Waals surface area contributed by atoms with E-state index in [9.17, 15) is 0 Å². The van der Waals surface area contributed by atoms with E-state index in [0.717, 1.165) is 5.75 Å². The van der Waals surface area contributed by atoms with Crippen molar-refractivity contribution in [3.8, 4) is 5.75 Å². The molecule has 84 valence electrons. The summed E-state index contributed by atoms with van der Waals surface area (Å²) >= 11 is 0. The lowest BCUT2D eigenvalue weighted by Crippen LogP contribution is -2.37. The van der Waals surface area contributed by atoms with Crippen LogP contribution < -0.4 is 16.0 Å². The van der Waals surface area contributed by atoms with Crippen LogP contribution in [0.1, 0.15) is 32.3 Å². The van der Waals surface area contributed by atoms with Crippen LogP contribution in [-0.4, -0.2) is 12.6 Å². The quantitative estimate of drug-likeness (QED) is 0.575. The molecular weight excluding hydrogens is 188 g/mol. The predicted octanol–water partition coefficient (Wildman–Crippen LogP) is 2.04. The highest BCUT2D eigenvalue weighted by Crippen LogP contribution is 2.25. The van der Waals surface area contributed by atoms with E-state index in [0.29, 0.717) is 12.5 Å². The highest BCUT2D eigenvalue weighted by molar-refractivity contribution is 5.35. The van der Waals surface area contributed by atoms with Crippen LogP contribution in [0.4, 0.5) is 0 Å². The first-order chi connectivity index (χ1) is 7.15. The molecule has 1 atom stereocenters. The molecular formula is C12H20N2O. The minimum atomic E-state index is 0.158. The number of hydrazine groups is 1. The van der Waals surface area contributed by atoms with Gasteiger partial charge in [-0.15, -0.1) is 0 Å². The molecule has 3 N–H and O–H groups in total. The maximum Gasteiger partial charge on any atom is 0.122 e. The summed E-state index contributed by atoms with van der Waals surface area (Å²) in [6.07, 6.45) is 0. The molecule has 0 aliphatic heterocycles. The van der Waals surface area contributed by atoms with E-state index in [1.165, 1.54) is 5.56 Å². The Labute approximate surface area is 91.6 Å². The van der Waals surface area contributed by atoms with Crippen molar-refractivity contribution in [2.75, 3.05) is 6.61 Å². The molecule has 1 rings (SSSR count). The highest BCUT2D eigenvalue weighted by atomic mass is 16.5. The molecule has 0 aromatic heterocycles. The molecule has 0 amide bonds.